The molecular weight excluding hydrogens is 279 g/mol. The van der Waals surface area contributed by atoms with Gasteiger partial charge in [0.05, 0.1) is 5.56 Å². The molecule has 21 heavy (non-hydrogen) atoms. The minimum Gasteiger partial charge on any atom is -0.234 e. The maximum atomic E-state index is 12.7. The molecule has 0 bridgehead atoms. The molecule has 0 heterocycles. The van der Waals surface area contributed by atoms with Crippen LogP contribution >= 0.6 is 7.80 Å². The molecule has 0 radical (unpaired) electrons. The van der Waals surface area contributed by atoms with Crippen LogP contribution in [-0.2, 0) is 11.0 Å². The smallest absolute Gasteiger partial charge is 0.234 e. The van der Waals surface area contributed by atoms with Crippen LogP contribution in [0, 0.1) is 20.8 Å². The lowest BCUT2D eigenvalue weighted by molar-refractivity contribution is 0.107. The Kier molecular flexibility index (Phi) is 4.69. The largest absolute Gasteiger partial charge is 0.458 e. The SMILES string of the molecule is CCc1c(C)cc(C)c(C(=O)[P+](=O)c2ccccc2)c1C. The van der Waals surface area contributed by atoms with Gasteiger partial charge in [0.15, 0.2) is 5.30 Å². The third kappa shape index (κ3) is 2.96. The molecule has 0 amide bonds. The zero-order chi connectivity index (χ0) is 15.6. The van der Waals surface area contributed by atoms with Crippen LogP contribution in [0.5, 0.6) is 0 Å². The van der Waals surface area contributed by atoms with E-state index < -0.39 is 7.80 Å². The Morgan fingerprint density at radius 1 is 1.05 bits per heavy atom. The molecule has 0 N–H and O–H groups in total. The molecule has 2 aromatic rings. The highest BCUT2D eigenvalue weighted by Crippen LogP contribution is 2.32. The van der Waals surface area contributed by atoms with E-state index in [-0.39, 0.29) is 5.52 Å². The van der Waals surface area contributed by atoms with Crippen LogP contribution in [0.3, 0.4) is 0 Å². The lowest BCUT2D eigenvalue weighted by Gasteiger charge is -2.12. The van der Waals surface area contributed by atoms with E-state index in [2.05, 4.69) is 13.8 Å². The second kappa shape index (κ2) is 6.32. The van der Waals surface area contributed by atoms with Gasteiger partial charge in [0.2, 0.25) is 0 Å². The molecule has 2 rings (SSSR count). The van der Waals surface area contributed by atoms with Crippen molar-refractivity contribution in [2.24, 2.45) is 0 Å². The Morgan fingerprint density at radius 3 is 2.24 bits per heavy atom. The van der Waals surface area contributed by atoms with Crippen LogP contribution in [0.4, 0.5) is 0 Å². The van der Waals surface area contributed by atoms with Gasteiger partial charge in [-0.05, 0) is 61.6 Å². The molecule has 0 aliphatic carbocycles. The molecule has 0 saturated heterocycles. The molecule has 1 atom stereocenters. The maximum Gasteiger partial charge on any atom is 0.458 e. The van der Waals surface area contributed by atoms with Crippen molar-refractivity contribution in [2.75, 3.05) is 0 Å². The Morgan fingerprint density at radius 2 is 1.67 bits per heavy atom. The summed E-state index contributed by atoms with van der Waals surface area (Å²) < 4.78 is 12.5. The number of rotatable bonds is 4. The highest BCUT2D eigenvalue weighted by Gasteiger charge is 2.35. The number of hydrogen-bond donors (Lipinski definition) is 0. The summed E-state index contributed by atoms with van der Waals surface area (Å²) in [6.07, 6.45) is 0.875. The monoisotopic (exact) mass is 299 g/mol. The Bertz CT molecular complexity index is 703. The van der Waals surface area contributed by atoms with Gasteiger partial charge in [-0.2, -0.15) is 0 Å². The first-order chi connectivity index (χ1) is 9.97. The molecular formula is C18H20O2P+. The summed E-state index contributed by atoms with van der Waals surface area (Å²) in [5.41, 5.74) is 4.62. The maximum absolute atomic E-state index is 12.7. The molecule has 108 valence electrons. The van der Waals surface area contributed by atoms with Gasteiger partial charge in [-0.25, -0.2) is 4.79 Å². The van der Waals surface area contributed by atoms with Crippen molar-refractivity contribution >= 4 is 18.6 Å². The van der Waals surface area contributed by atoms with Gasteiger partial charge in [0, 0.05) is 0 Å². The molecule has 3 heteroatoms. The highest BCUT2D eigenvalue weighted by atomic mass is 31.1. The first kappa shape index (κ1) is 15.6. The summed E-state index contributed by atoms with van der Waals surface area (Å²) in [7, 11) is -2.06. The average molecular weight is 299 g/mol. The van der Waals surface area contributed by atoms with Gasteiger partial charge >= 0.3 is 13.3 Å². The lowest BCUT2D eigenvalue weighted by Crippen LogP contribution is -2.09. The van der Waals surface area contributed by atoms with Crippen LogP contribution < -0.4 is 5.30 Å². The van der Waals surface area contributed by atoms with Crippen molar-refractivity contribution < 1.29 is 9.36 Å². The fourth-order valence-electron chi connectivity index (χ4n) is 2.88. The minimum atomic E-state index is -2.06. The van der Waals surface area contributed by atoms with Crippen molar-refractivity contribution in [3.8, 4) is 0 Å². The predicted molar refractivity (Wildman–Crippen MR) is 88.0 cm³/mol. The summed E-state index contributed by atoms with van der Waals surface area (Å²) in [5, 5.41) is 0.593. The van der Waals surface area contributed by atoms with Gasteiger partial charge in [-0.3, -0.25) is 0 Å². The highest BCUT2D eigenvalue weighted by molar-refractivity contribution is 7.71. The third-order valence-electron chi connectivity index (χ3n) is 3.87. The summed E-state index contributed by atoms with van der Waals surface area (Å²) in [5.74, 6) is 0. The van der Waals surface area contributed by atoms with Crippen LogP contribution in [0.2, 0.25) is 0 Å². The predicted octanol–water partition coefficient (Wildman–Crippen LogP) is 4.47. The standard InChI is InChI=1S/C18H20O2P/c1-5-16-12(2)11-13(3)17(14(16)4)18(19)21(20)15-9-7-6-8-10-15/h6-11H,5H2,1-4H3/q+1. The first-order valence-corrected chi connectivity index (χ1v) is 8.39. The lowest BCUT2D eigenvalue weighted by atomic mass is 9.93. The minimum absolute atomic E-state index is 0.263. The molecule has 2 nitrogen and oxygen atoms in total. The van der Waals surface area contributed by atoms with Gasteiger partial charge in [-0.15, -0.1) is 0 Å². The third-order valence-corrected chi connectivity index (χ3v) is 5.23. The van der Waals surface area contributed by atoms with Crippen molar-refractivity contribution in [3.63, 3.8) is 0 Å². The van der Waals surface area contributed by atoms with E-state index >= 15 is 0 Å². The van der Waals surface area contributed by atoms with E-state index in [0.29, 0.717) is 10.9 Å². The van der Waals surface area contributed by atoms with Gasteiger partial charge in [-0.1, -0.05) is 35.8 Å². The summed E-state index contributed by atoms with van der Waals surface area (Å²) in [6, 6.07) is 11.0. The Balaban J connectivity index is 2.52. The fraction of sp³-hybridized carbons (Fsp3) is 0.278. The second-order valence-corrected chi connectivity index (χ2v) is 6.79. The van der Waals surface area contributed by atoms with E-state index in [1.165, 1.54) is 11.1 Å². The molecule has 2 aromatic carbocycles. The first-order valence-electron chi connectivity index (χ1n) is 7.13. The zero-order valence-electron chi connectivity index (χ0n) is 12.9. The average Bonchev–Trinajstić information content (AvgIpc) is 2.47. The number of aryl methyl sites for hydroxylation is 2. The fourth-order valence-corrected chi connectivity index (χ4v) is 4.11. The topological polar surface area (TPSA) is 34.1 Å². The van der Waals surface area contributed by atoms with E-state index in [1.807, 2.05) is 38.1 Å². The van der Waals surface area contributed by atoms with E-state index in [1.54, 1.807) is 12.1 Å². The molecule has 0 aliphatic rings. The summed E-state index contributed by atoms with van der Waals surface area (Å²) >= 11 is 0. The van der Waals surface area contributed by atoms with Crippen LogP contribution in [0.15, 0.2) is 36.4 Å². The van der Waals surface area contributed by atoms with Crippen LogP contribution in [-0.4, -0.2) is 5.52 Å². The molecule has 0 spiro atoms. The van der Waals surface area contributed by atoms with Gasteiger partial charge in [0.25, 0.3) is 0 Å². The summed E-state index contributed by atoms with van der Waals surface area (Å²) in [4.78, 5) is 12.7. The molecule has 0 fully saturated rings. The van der Waals surface area contributed by atoms with Crippen molar-refractivity contribution in [2.45, 2.75) is 34.1 Å². The molecule has 0 saturated carbocycles. The number of benzene rings is 2. The second-order valence-electron chi connectivity index (χ2n) is 5.28. The molecule has 1 unspecified atom stereocenters. The van der Waals surface area contributed by atoms with Crippen molar-refractivity contribution in [1.29, 1.82) is 0 Å². The van der Waals surface area contributed by atoms with Crippen LogP contribution in [0.25, 0.3) is 0 Å². The summed E-state index contributed by atoms with van der Waals surface area (Å²) in [6.45, 7) is 8.02. The normalized spacial score (nSPS) is 11.3. The molecule has 0 aliphatic heterocycles. The quantitative estimate of drug-likeness (QED) is 0.781. The van der Waals surface area contributed by atoms with E-state index in [4.69, 9.17) is 0 Å². The van der Waals surface area contributed by atoms with E-state index in [0.717, 1.165) is 17.5 Å². The number of carbonyl (C=O) groups is 1. The zero-order valence-corrected chi connectivity index (χ0v) is 13.8. The van der Waals surface area contributed by atoms with Crippen molar-refractivity contribution in [1.82, 2.24) is 0 Å². The van der Waals surface area contributed by atoms with Gasteiger partial charge < -0.3 is 0 Å². The van der Waals surface area contributed by atoms with Gasteiger partial charge in [0.1, 0.15) is 0 Å². The van der Waals surface area contributed by atoms with Crippen LogP contribution in [0.1, 0.15) is 39.5 Å². The molecule has 0 aromatic heterocycles. The number of hydrogen-bond acceptors (Lipinski definition) is 2. The Labute approximate surface area is 127 Å². The van der Waals surface area contributed by atoms with Crippen molar-refractivity contribution in [3.05, 3.63) is 64.2 Å². The Hall–Kier alpha value is -1.79. The van der Waals surface area contributed by atoms with E-state index in [9.17, 15) is 9.36 Å². The number of carbonyl (C=O) groups excluding carboxylic acids is 1.